The summed E-state index contributed by atoms with van der Waals surface area (Å²) < 4.78 is 127. The fourth-order valence-electron chi connectivity index (χ4n) is 11.8. The van der Waals surface area contributed by atoms with Crippen LogP contribution in [0.2, 0.25) is 5.15 Å². The molecule has 4 aliphatic rings. The smallest absolute Gasteiger partial charge is 0.870 e. The Morgan fingerprint density at radius 1 is 0.509 bits per heavy atom. The normalized spacial score (nSPS) is 21.9. The van der Waals surface area contributed by atoms with Crippen LogP contribution in [0.3, 0.4) is 0 Å². The van der Waals surface area contributed by atoms with E-state index in [1.165, 1.54) is 76.6 Å². The van der Waals surface area contributed by atoms with E-state index >= 15 is 0 Å². The Hall–Kier alpha value is -8.93. The number of carboxylic acids is 1. The standard InChI is InChI=1S/C19H25F2N5O3.C18H23F2N5O4.C14H17F2N5O.C8H6ClN3O.C7H13F2N.Li.2H2O/c1-11(27)12-10-22-26-9-7-14(24-16(12)26)23-13-6-5-8-19(20,21)15(13)25-17(28)29-18(2,3)4;1-17(2,3)29-16(28)24-13-11(5-4-7-18(13,19)20)22-12-6-8-25-14(23-12)10(9-21-25)15(26)27;1-8(22)9-7-18-21-6-4-11(20-13(9)21)19-10-3-2-5-14(15,16)12(10)17;1-5(13)6-4-10-12-3-2-7(9)11-8(6)12;1-5-6(10)3-2-4-7(5,8)9;;;/h7,9-10,13,15H,5-6,8H2,1-4H3,(H,23,24)(H,25,28);6,8-9,11,13H,4-5,7H2,1-3H3,(H,22,23)(H,24,28)(H,26,27);4,6-7,10,12H,2-3,5,17H2,1H3,(H,19,20);2-4H,1H3;5-6H,2-4,10H2,1H3;;2*1H2/q;;;;;+1;;/p-1/t13-,15-;11-,13-;10-,12-;;5-,6-;;;/m111.1.../s1. The Morgan fingerprint density at radius 3 is 1.17 bits per heavy atom. The topological polar surface area (TPSA) is 436 Å². The fourth-order valence-corrected chi connectivity index (χ4v) is 12.0. The third kappa shape index (κ3) is 22.6. The van der Waals surface area contributed by atoms with Gasteiger partial charge in [-0.25, -0.2) is 87.5 Å². The number of nitrogens with two attached hydrogens (primary N) is 2. The molecule has 8 aromatic rings. The molecule has 0 spiro atoms. The number of fused-ring (bicyclic) bond motifs is 4. The maximum absolute atomic E-state index is 14.6. The molecule has 4 fully saturated rings. The Morgan fingerprint density at radius 2 is 0.821 bits per heavy atom. The average molecular weight is 1520 g/mol. The first kappa shape index (κ1) is 87.7. The molecule has 0 unspecified atom stereocenters. The van der Waals surface area contributed by atoms with E-state index in [-0.39, 0.29) is 102 Å². The van der Waals surface area contributed by atoms with Crippen LogP contribution in [0.15, 0.2) is 73.8 Å². The molecular weight excluding hydrogens is 1430 g/mol. The van der Waals surface area contributed by atoms with E-state index in [1.54, 1.807) is 78.3 Å². The predicted molar refractivity (Wildman–Crippen MR) is 368 cm³/mol. The summed E-state index contributed by atoms with van der Waals surface area (Å²) >= 11 is 5.69. The number of carbonyl (C=O) groups is 6. The minimum atomic E-state index is -3.14. The number of alkyl carbamates (subject to hydrolysis) is 2. The van der Waals surface area contributed by atoms with Crippen molar-refractivity contribution >= 4 is 87.1 Å². The zero-order chi connectivity index (χ0) is 75.9. The van der Waals surface area contributed by atoms with Crippen LogP contribution in [0.4, 0.5) is 62.2 Å². The summed E-state index contributed by atoms with van der Waals surface area (Å²) in [6.07, 6.45) is 12.8. The number of nitrogens with zero attached hydrogens (tertiary/aromatic N) is 12. The summed E-state index contributed by atoms with van der Waals surface area (Å²) in [4.78, 5) is 86.7. The molecule has 576 valence electrons. The van der Waals surface area contributed by atoms with Gasteiger partial charge in [-0.3, -0.25) is 14.4 Å². The molecule has 13 N–H and O–H groups in total. The largest absolute Gasteiger partial charge is 1.00 e. The van der Waals surface area contributed by atoms with Crippen LogP contribution in [-0.4, -0.2) is 187 Å². The van der Waals surface area contributed by atoms with Gasteiger partial charge in [0.25, 0.3) is 23.7 Å². The van der Waals surface area contributed by atoms with Crippen LogP contribution in [-0.2, 0) is 9.47 Å². The van der Waals surface area contributed by atoms with E-state index in [1.807, 2.05) is 0 Å². The van der Waals surface area contributed by atoms with Crippen molar-refractivity contribution in [3.8, 4) is 0 Å². The Labute approximate surface area is 619 Å². The van der Waals surface area contributed by atoms with Gasteiger partial charge in [-0.15, -0.1) is 0 Å². The number of ketones is 3. The van der Waals surface area contributed by atoms with E-state index in [4.69, 9.17) is 32.5 Å². The molecule has 2 amide bonds. The molecule has 0 aromatic carbocycles. The number of anilines is 3. The molecule has 0 radical (unpaired) electrons. The van der Waals surface area contributed by atoms with Crippen molar-refractivity contribution in [2.45, 2.75) is 223 Å². The third-order valence-corrected chi connectivity index (χ3v) is 17.4. The van der Waals surface area contributed by atoms with Crippen LogP contribution >= 0.6 is 11.6 Å². The first-order chi connectivity index (χ1) is 48.0. The van der Waals surface area contributed by atoms with Gasteiger partial charge in [0.05, 0.1) is 59.6 Å². The van der Waals surface area contributed by atoms with Gasteiger partial charge in [0.1, 0.15) is 51.5 Å². The molecule has 8 atom stereocenters. The van der Waals surface area contributed by atoms with Crippen molar-refractivity contribution in [2.24, 2.45) is 17.4 Å². The van der Waals surface area contributed by atoms with Crippen LogP contribution in [0.1, 0.15) is 188 Å². The van der Waals surface area contributed by atoms with Gasteiger partial charge in [0, 0.05) is 68.5 Å². The second-order valence-electron chi connectivity index (χ2n) is 27.6. The number of alkyl halides is 8. The molecular formula is C66H87ClF8LiN19O11. The number of hydrogen-bond donors (Lipinski definition) is 8. The summed E-state index contributed by atoms with van der Waals surface area (Å²) in [6.45, 7) is 15.8. The summed E-state index contributed by atoms with van der Waals surface area (Å²) in [7, 11) is 0. The van der Waals surface area contributed by atoms with Gasteiger partial charge in [-0.05, 0) is 138 Å². The van der Waals surface area contributed by atoms with Crippen LogP contribution < -0.4 is 56.9 Å². The van der Waals surface area contributed by atoms with Crippen molar-refractivity contribution < 1.29 is 108 Å². The zero-order valence-corrected chi connectivity index (χ0v) is 60.9. The molecule has 8 aromatic heterocycles. The van der Waals surface area contributed by atoms with Gasteiger partial charge in [0.15, 0.2) is 39.9 Å². The molecule has 8 heterocycles. The predicted octanol–water partition coefficient (Wildman–Crippen LogP) is 7.56. The molecule has 4 saturated carbocycles. The minimum absolute atomic E-state index is 0. The van der Waals surface area contributed by atoms with Gasteiger partial charge >= 0.3 is 37.0 Å². The SMILES string of the molecule is CC(=O)c1cnn2ccc(Cl)nc12.CC(=O)c1cnn2ccc(N[C@@H]3CCCC(F)(F)[C@@H]3N)nc12.CC(=O)c1cnn2ccc(N[C@@H]3CCCC(F)(F)[C@@H]3NC(=O)OC(C)(C)C)nc12.CC(C)(C)OC(=O)N[C@@H]1[C@H](Nc2ccn3ncc(C(=O)O)c3n2)CCCC1(F)F.C[C@@H]1[C@H](N)CCCC1(F)F.O.[Li+].[OH-]. The maximum atomic E-state index is 14.6. The van der Waals surface area contributed by atoms with Gasteiger partial charge < -0.3 is 63.6 Å². The number of aromatic carboxylic acids is 1. The molecule has 0 aliphatic heterocycles. The zero-order valence-electron chi connectivity index (χ0n) is 60.1. The maximum Gasteiger partial charge on any atom is 1.00 e. The van der Waals surface area contributed by atoms with E-state index in [2.05, 4.69) is 66.9 Å². The Balaban J connectivity index is 0.000000247. The number of rotatable bonds is 12. The van der Waals surface area contributed by atoms with Crippen LogP contribution in [0, 0.1) is 5.92 Å². The van der Waals surface area contributed by atoms with Gasteiger partial charge in [0.2, 0.25) is 0 Å². The number of Topliss-reactive ketones (excluding diaryl/α,β-unsaturated/α-hetero) is 3. The number of halogens is 9. The number of ether oxygens (including phenoxy) is 2. The monoisotopic (exact) mass is 1520 g/mol. The number of carboxylic acid groups (broad SMARTS) is 1. The number of carbonyl (C=O) groups excluding carboxylic acids is 5. The Kier molecular flexibility index (Phi) is 29.5. The molecule has 4 aliphatic carbocycles. The third-order valence-electron chi connectivity index (χ3n) is 17.2. The summed E-state index contributed by atoms with van der Waals surface area (Å²) in [5, 5.41) is 39.0. The number of amides is 2. The minimum Gasteiger partial charge on any atom is -0.870 e. The fraction of sp³-hybridized carbons (Fsp3) is 0.545. The van der Waals surface area contributed by atoms with Crippen molar-refractivity contribution in [1.29, 1.82) is 0 Å². The number of nitrogens with one attached hydrogen (secondary N) is 5. The quantitative estimate of drug-likeness (QED) is 0.0253. The van der Waals surface area contributed by atoms with Crippen molar-refractivity contribution in [2.75, 3.05) is 16.0 Å². The Bertz CT molecular complexity index is 4210. The second kappa shape index (κ2) is 35.6. The van der Waals surface area contributed by atoms with E-state index in [9.17, 15) is 69.0 Å². The van der Waals surface area contributed by atoms with E-state index in [0.717, 1.165) is 12.6 Å². The molecule has 106 heavy (non-hydrogen) atoms. The molecule has 40 heteroatoms. The van der Waals surface area contributed by atoms with Crippen molar-refractivity contribution in [1.82, 2.24) is 69.0 Å². The summed E-state index contributed by atoms with van der Waals surface area (Å²) in [5.41, 5.74) is 11.9. The van der Waals surface area contributed by atoms with Crippen LogP contribution in [0.5, 0.6) is 0 Å². The first-order valence-corrected chi connectivity index (χ1v) is 33.5. The van der Waals surface area contributed by atoms with Gasteiger partial charge in [-0.2, -0.15) is 20.4 Å². The first-order valence-electron chi connectivity index (χ1n) is 33.1. The van der Waals surface area contributed by atoms with Crippen molar-refractivity contribution in [3.63, 3.8) is 0 Å². The van der Waals surface area contributed by atoms with Crippen LogP contribution in [0.25, 0.3) is 22.6 Å². The molecule has 12 rings (SSSR count). The van der Waals surface area contributed by atoms with E-state index < -0.39 is 95.2 Å². The molecule has 0 saturated heterocycles. The van der Waals surface area contributed by atoms with Gasteiger partial charge in [-0.1, -0.05) is 18.5 Å². The average Bonchev–Trinajstić information content (AvgIpc) is 1.29. The second-order valence-corrected chi connectivity index (χ2v) is 27.9. The number of hydrogen-bond acceptors (Lipinski definition) is 22. The summed E-state index contributed by atoms with van der Waals surface area (Å²) in [6, 6.07) is -0.321. The molecule has 30 nitrogen and oxygen atoms in total. The van der Waals surface area contributed by atoms with Crippen molar-refractivity contribution in [3.05, 3.63) is 101 Å². The number of aromatic nitrogens is 12. The molecule has 0 bridgehead atoms. The summed E-state index contributed by atoms with van der Waals surface area (Å²) in [5.74, 6) is -12.9. The van der Waals surface area contributed by atoms with E-state index in [0.29, 0.717) is 88.9 Å².